The Labute approximate surface area is 125 Å². The molecule has 0 atom stereocenters. The highest BCUT2D eigenvalue weighted by Crippen LogP contribution is 2.33. The van der Waals surface area contributed by atoms with Gasteiger partial charge in [-0.3, -0.25) is 10.1 Å². The minimum atomic E-state index is -0.499. The van der Waals surface area contributed by atoms with Gasteiger partial charge in [0.15, 0.2) is 18.4 Å². The summed E-state index contributed by atoms with van der Waals surface area (Å²) in [5, 5.41) is 11.0. The van der Waals surface area contributed by atoms with E-state index in [4.69, 9.17) is 14.2 Å². The van der Waals surface area contributed by atoms with Crippen LogP contribution in [0.3, 0.4) is 0 Å². The summed E-state index contributed by atoms with van der Waals surface area (Å²) in [5.74, 6) is 0.0778. The third kappa shape index (κ3) is 2.84. The second kappa shape index (κ2) is 5.98. The highest BCUT2D eigenvalue weighted by Gasteiger charge is 2.21. The van der Waals surface area contributed by atoms with Gasteiger partial charge in [0.1, 0.15) is 12.4 Å². The molecule has 0 N–H and O–H groups in total. The third-order valence-electron chi connectivity index (χ3n) is 3.20. The number of hydrogen-bond donors (Lipinski definition) is 0. The van der Waals surface area contributed by atoms with Crippen molar-refractivity contribution in [3.8, 4) is 11.5 Å². The number of para-hydroxylation sites is 1. The Kier molecular flexibility index (Phi) is 3.88. The lowest BCUT2D eigenvalue weighted by molar-refractivity contribution is -0.385. The van der Waals surface area contributed by atoms with E-state index in [1.165, 1.54) is 24.3 Å². The van der Waals surface area contributed by atoms with Gasteiger partial charge >= 0.3 is 0 Å². The smallest absolute Gasteiger partial charge is 0.270 e. The van der Waals surface area contributed by atoms with Gasteiger partial charge in [-0.2, -0.15) is 0 Å². The molecule has 0 saturated carbocycles. The van der Waals surface area contributed by atoms with Crippen LogP contribution in [-0.2, 0) is 18.0 Å². The molecule has 3 rings (SSSR count). The first kappa shape index (κ1) is 14.3. The van der Waals surface area contributed by atoms with E-state index in [2.05, 4.69) is 0 Å². The Morgan fingerprint density at radius 3 is 2.91 bits per heavy atom. The summed E-state index contributed by atoms with van der Waals surface area (Å²) in [7, 11) is 0. The van der Waals surface area contributed by atoms with Gasteiger partial charge in [-0.25, -0.2) is 4.39 Å². The van der Waals surface area contributed by atoms with Crippen molar-refractivity contribution in [3.05, 3.63) is 63.5 Å². The van der Waals surface area contributed by atoms with Gasteiger partial charge in [0.25, 0.3) is 5.69 Å². The SMILES string of the molecule is O=[N+]([O-])c1cc2c(c(COc3ccccc3F)c1)OCOC2. The molecule has 0 saturated heterocycles. The number of hydrogen-bond acceptors (Lipinski definition) is 5. The summed E-state index contributed by atoms with van der Waals surface area (Å²) < 4.78 is 29.5. The van der Waals surface area contributed by atoms with E-state index in [0.717, 1.165) is 0 Å². The highest BCUT2D eigenvalue weighted by atomic mass is 19.1. The summed E-state index contributed by atoms with van der Waals surface area (Å²) >= 11 is 0. The van der Waals surface area contributed by atoms with Gasteiger partial charge < -0.3 is 14.2 Å². The molecule has 0 unspecified atom stereocenters. The lowest BCUT2D eigenvalue weighted by Gasteiger charge is -2.20. The second-order valence-electron chi connectivity index (χ2n) is 4.68. The van der Waals surface area contributed by atoms with Gasteiger partial charge in [0.2, 0.25) is 0 Å². The predicted molar refractivity (Wildman–Crippen MR) is 74.1 cm³/mol. The molecular formula is C15H12FNO5. The highest BCUT2D eigenvalue weighted by molar-refractivity contribution is 5.50. The van der Waals surface area contributed by atoms with Crippen LogP contribution in [0.2, 0.25) is 0 Å². The number of benzene rings is 2. The standard InChI is InChI=1S/C15H12FNO5/c16-13-3-1-2-4-14(13)21-8-11-6-12(17(18)19)5-10-7-20-9-22-15(10)11/h1-6H,7-9H2. The van der Waals surface area contributed by atoms with Crippen LogP contribution in [0.1, 0.15) is 11.1 Å². The van der Waals surface area contributed by atoms with Crippen LogP contribution in [-0.4, -0.2) is 11.7 Å². The molecule has 0 aliphatic carbocycles. The Hall–Kier alpha value is -2.67. The minimum Gasteiger partial charge on any atom is -0.486 e. The fourth-order valence-electron chi connectivity index (χ4n) is 2.21. The van der Waals surface area contributed by atoms with Crippen molar-refractivity contribution in [2.24, 2.45) is 0 Å². The first-order valence-electron chi connectivity index (χ1n) is 6.53. The number of nitro groups is 1. The molecule has 22 heavy (non-hydrogen) atoms. The van der Waals surface area contributed by atoms with Crippen molar-refractivity contribution in [3.63, 3.8) is 0 Å². The number of rotatable bonds is 4. The van der Waals surface area contributed by atoms with Gasteiger partial charge in [0.05, 0.1) is 11.5 Å². The maximum Gasteiger partial charge on any atom is 0.270 e. The zero-order valence-electron chi connectivity index (χ0n) is 11.5. The maximum absolute atomic E-state index is 13.6. The first-order chi connectivity index (χ1) is 10.6. The molecule has 0 fully saturated rings. The normalized spacial score (nSPS) is 13.1. The number of nitro benzene ring substituents is 1. The molecule has 0 bridgehead atoms. The summed E-state index contributed by atoms with van der Waals surface area (Å²) in [6, 6.07) is 8.74. The van der Waals surface area contributed by atoms with Gasteiger partial charge in [-0.15, -0.1) is 0 Å². The summed E-state index contributed by atoms with van der Waals surface area (Å²) in [4.78, 5) is 10.5. The van der Waals surface area contributed by atoms with Crippen molar-refractivity contribution < 1.29 is 23.5 Å². The van der Waals surface area contributed by atoms with Crippen molar-refractivity contribution >= 4 is 5.69 Å². The van der Waals surface area contributed by atoms with Crippen LogP contribution in [0.15, 0.2) is 36.4 Å². The maximum atomic E-state index is 13.6. The second-order valence-corrected chi connectivity index (χ2v) is 4.68. The largest absolute Gasteiger partial charge is 0.486 e. The van der Waals surface area contributed by atoms with Crippen molar-refractivity contribution in [2.75, 3.05) is 6.79 Å². The average molecular weight is 305 g/mol. The molecule has 1 aliphatic rings. The Bertz CT molecular complexity index is 719. The Morgan fingerprint density at radius 1 is 1.32 bits per heavy atom. The fourth-order valence-corrected chi connectivity index (χ4v) is 2.21. The number of ether oxygens (including phenoxy) is 3. The first-order valence-corrected chi connectivity index (χ1v) is 6.53. The van der Waals surface area contributed by atoms with E-state index >= 15 is 0 Å². The molecule has 0 spiro atoms. The summed E-state index contributed by atoms with van der Waals surface area (Å²) in [6.07, 6.45) is 0. The van der Waals surface area contributed by atoms with Crippen LogP contribution >= 0.6 is 0 Å². The van der Waals surface area contributed by atoms with Gasteiger partial charge in [-0.05, 0) is 12.1 Å². The van der Waals surface area contributed by atoms with Gasteiger partial charge in [0, 0.05) is 23.3 Å². The number of non-ortho nitro benzene ring substituents is 1. The van der Waals surface area contributed by atoms with E-state index in [1.807, 2.05) is 0 Å². The number of nitrogens with zero attached hydrogens (tertiary/aromatic N) is 1. The van der Waals surface area contributed by atoms with Crippen LogP contribution in [0.5, 0.6) is 11.5 Å². The number of halogens is 1. The summed E-state index contributed by atoms with van der Waals surface area (Å²) in [5.41, 5.74) is 0.975. The van der Waals surface area contributed by atoms with Crippen LogP contribution < -0.4 is 9.47 Å². The molecule has 0 radical (unpaired) electrons. The molecule has 1 heterocycles. The van der Waals surface area contributed by atoms with Crippen molar-refractivity contribution in [1.82, 2.24) is 0 Å². The van der Waals surface area contributed by atoms with E-state index in [0.29, 0.717) is 16.9 Å². The lowest BCUT2D eigenvalue weighted by atomic mass is 10.1. The molecule has 2 aromatic carbocycles. The van der Waals surface area contributed by atoms with E-state index < -0.39 is 10.7 Å². The van der Waals surface area contributed by atoms with E-state index in [9.17, 15) is 14.5 Å². The average Bonchev–Trinajstić information content (AvgIpc) is 2.53. The van der Waals surface area contributed by atoms with E-state index in [-0.39, 0.29) is 31.4 Å². The monoisotopic (exact) mass is 305 g/mol. The van der Waals surface area contributed by atoms with E-state index in [1.54, 1.807) is 12.1 Å². The molecule has 0 aromatic heterocycles. The van der Waals surface area contributed by atoms with Crippen LogP contribution in [0.25, 0.3) is 0 Å². The number of fused-ring (bicyclic) bond motifs is 1. The lowest BCUT2D eigenvalue weighted by Crippen LogP contribution is -2.14. The third-order valence-corrected chi connectivity index (χ3v) is 3.20. The molecule has 6 nitrogen and oxygen atoms in total. The van der Waals surface area contributed by atoms with Crippen LogP contribution in [0.4, 0.5) is 10.1 Å². The topological polar surface area (TPSA) is 70.8 Å². The molecule has 7 heteroatoms. The Balaban J connectivity index is 1.90. The minimum absolute atomic E-state index is 0.0368. The molecule has 114 valence electrons. The van der Waals surface area contributed by atoms with Crippen molar-refractivity contribution in [1.29, 1.82) is 0 Å². The Morgan fingerprint density at radius 2 is 2.14 bits per heavy atom. The molecule has 1 aliphatic heterocycles. The quantitative estimate of drug-likeness (QED) is 0.641. The zero-order valence-corrected chi connectivity index (χ0v) is 11.5. The molecule has 2 aromatic rings. The van der Waals surface area contributed by atoms with Crippen molar-refractivity contribution in [2.45, 2.75) is 13.2 Å². The zero-order chi connectivity index (χ0) is 15.5. The predicted octanol–water partition coefficient (Wildman–Crippen LogP) is 3.18. The van der Waals surface area contributed by atoms with Gasteiger partial charge in [-0.1, -0.05) is 12.1 Å². The van der Waals surface area contributed by atoms with Crippen LogP contribution in [0, 0.1) is 15.9 Å². The molecular weight excluding hydrogens is 293 g/mol. The molecule has 0 amide bonds. The summed E-state index contributed by atoms with van der Waals surface area (Å²) in [6.45, 7) is 0.256. The fraction of sp³-hybridized carbons (Fsp3) is 0.200.